The molecule has 106 valence electrons. The zero-order valence-electron chi connectivity index (χ0n) is 11.0. The average Bonchev–Trinajstić information content (AvgIpc) is 2.96. The van der Waals surface area contributed by atoms with E-state index in [0.717, 1.165) is 27.4 Å². The smallest absolute Gasteiger partial charge is 0.124 e. The summed E-state index contributed by atoms with van der Waals surface area (Å²) < 4.78 is 0. The van der Waals surface area contributed by atoms with Crippen molar-refractivity contribution in [1.29, 1.82) is 0 Å². The van der Waals surface area contributed by atoms with Crippen LogP contribution in [0.2, 0.25) is 10.0 Å². The Hall–Kier alpha value is -1.39. The van der Waals surface area contributed by atoms with Gasteiger partial charge in [-0.25, -0.2) is 4.98 Å². The highest BCUT2D eigenvalue weighted by molar-refractivity contribution is 7.13. The van der Waals surface area contributed by atoms with Crippen LogP contribution in [0.15, 0.2) is 47.8 Å². The molecule has 0 aliphatic carbocycles. The number of hydrogen-bond donors (Lipinski definition) is 1. The number of aromatic nitrogens is 1. The SMILES string of the molecule is NCc1ccc(-c2csc(-c3cc(Cl)cc(Cl)c3)n2)cc1. The fourth-order valence-corrected chi connectivity index (χ4v) is 3.37. The first kappa shape index (κ1) is 14.5. The number of halogens is 2. The van der Waals surface area contributed by atoms with Gasteiger partial charge in [0.25, 0.3) is 0 Å². The summed E-state index contributed by atoms with van der Waals surface area (Å²) in [6, 6.07) is 13.6. The summed E-state index contributed by atoms with van der Waals surface area (Å²) in [6.07, 6.45) is 0. The van der Waals surface area contributed by atoms with E-state index >= 15 is 0 Å². The third-order valence-corrected chi connectivity index (χ3v) is 4.43. The fourth-order valence-electron chi connectivity index (χ4n) is 2.03. The van der Waals surface area contributed by atoms with Gasteiger partial charge in [0.05, 0.1) is 5.69 Å². The molecule has 0 aliphatic rings. The van der Waals surface area contributed by atoms with Gasteiger partial charge in [0.15, 0.2) is 0 Å². The number of hydrogen-bond acceptors (Lipinski definition) is 3. The first-order chi connectivity index (χ1) is 10.2. The van der Waals surface area contributed by atoms with Crippen LogP contribution in [0.5, 0.6) is 0 Å². The van der Waals surface area contributed by atoms with Crippen LogP contribution in [-0.2, 0) is 6.54 Å². The predicted octanol–water partition coefficient (Wildman–Crippen LogP) is 5.24. The van der Waals surface area contributed by atoms with Crippen LogP contribution >= 0.6 is 34.5 Å². The predicted molar refractivity (Wildman–Crippen MR) is 90.9 cm³/mol. The number of rotatable bonds is 3. The molecule has 0 bridgehead atoms. The zero-order chi connectivity index (χ0) is 14.8. The number of nitrogens with two attached hydrogens (primary N) is 1. The molecule has 0 unspecified atom stereocenters. The summed E-state index contributed by atoms with van der Waals surface area (Å²) >= 11 is 13.6. The van der Waals surface area contributed by atoms with Crippen molar-refractivity contribution in [2.75, 3.05) is 0 Å². The summed E-state index contributed by atoms with van der Waals surface area (Å²) in [7, 11) is 0. The largest absolute Gasteiger partial charge is 0.326 e. The topological polar surface area (TPSA) is 38.9 Å². The molecule has 0 saturated heterocycles. The Labute approximate surface area is 137 Å². The molecular formula is C16H12Cl2N2S. The third kappa shape index (κ3) is 3.27. The van der Waals surface area contributed by atoms with E-state index < -0.39 is 0 Å². The van der Waals surface area contributed by atoms with E-state index in [4.69, 9.17) is 28.9 Å². The monoisotopic (exact) mass is 334 g/mol. The lowest BCUT2D eigenvalue weighted by Crippen LogP contribution is -1.95. The van der Waals surface area contributed by atoms with Crippen molar-refractivity contribution in [2.45, 2.75) is 6.54 Å². The molecule has 2 N–H and O–H groups in total. The first-order valence-corrected chi connectivity index (χ1v) is 8.00. The van der Waals surface area contributed by atoms with Gasteiger partial charge < -0.3 is 5.73 Å². The molecule has 1 heterocycles. The molecule has 0 radical (unpaired) electrons. The van der Waals surface area contributed by atoms with Gasteiger partial charge in [-0.15, -0.1) is 11.3 Å². The molecule has 0 saturated carbocycles. The van der Waals surface area contributed by atoms with E-state index in [1.54, 1.807) is 17.4 Å². The molecule has 21 heavy (non-hydrogen) atoms. The average molecular weight is 335 g/mol. The Bertz CT molecular complexity index is 746. The van der Waals surface area contributed by atoms with Crippen LogP contribution in [0.1, 0.15) is 5.56 Å². The van der Waals surface area contributed by atoms with Crippen molar-refractivity contribution in [3.8, 4) is 21.8 Å². The van der Waals surface area contributed by atoms with Crippen molar-refractivity contribution in [3.05, 3.63) is 63.5 Å². The molecule has 5 heteroatoms. The van der Waals surface area contributed by atoms with Crippen molar-refractivity contribution >= 4 is 34.5 Å². The van der Waals surface area contributed by atoms with Crippen LogP contribution in [0.3, 0.4) is 0 Å². The van der Waals surface area contributed by atoms with E-state index in [-0.39, 0.29) is 0 Å². The minimum atomic E-state index is 0.545. The van der Waals surface area contributed by atoms with Crippen molar-refractivity contribution in [1.82, 2.24) is 4.98 Å². The van der Waals surface area contributed by atoms with Gasteiger partial charge in [-0.1, -0.05) is 47.5 Å². The van der Waals surface area contributed by atoms with E-state index in [9.17, 15) is 0 Å². The summed E-state index contributed by atoms with van der Waals surface area (Å²) in [5.74, 6) is 0. The van der Waals surface area contributed by atoms with Gasteiger partial charge in [-0.2, -0.15) is 0 Å². The summed E-state index contributed by atoms with van der Waals surface area (Å²) in [5.41, 5.74) is 9.66. The summed E-state index contributed by atoms with van der Waals surface area (Å²) in [6.45, 7) is 0.545. The molecule has 2 aromatic carbocycles. The molecule has 3 aromatic rings. The lowest BCUT2D eigenvalue weighted by atomic mass is 10.1. The second-order valence-corrected chi connectivity index (χ2v) is 6.33. The molecule has 0 aliphatic heterocycles. The van der Waals surface area contributed by atoms with Gasteiger partial charge in [0, 0.05) is 33.1 Å². The summed E-state index contributed by atoms with van der Waals surface area (Å²) in [5, 5.41) is 4.15. The van der Waals surface area contributed by atoms with Gasteiger partial charge in [0.2, 0.25) is 0 Å². The van der Waals surface area contributed by atoms with Crippen molar-refractivity contribution in [2.24, 2.45) is 5.73 Å². The Morgan fingerprint density at radius 3 is 2.24 bits per heavy atom. The van der Waals surface area contributed by atoms with Gasteiger partial charge in [-0.05, 0) is 23.8 Å². The highest BCUT2D eigenvalue weighted by atomic mass is 35.5. The standard InChI is InChI=1S/C16H12Cl2N2S/c17-13-5-12(6-14(18)7-13)16-20-15(9-21-16)11-3-1-10(8-19)2-4-11/h1-7,9H,8,19H2. The quantitative estimate of drug-likeness (QED) is 0.711. The van der Waals surface area contributed by atoms with Gasteiger partial charge in [-0.3, -0.25) is 0 Å². The minimum absolute atomic E-state index is 0.545. The molecule has 2 nitrogen and oxygen atoms in total. The molecule has 0 fully saturated rings. The van der Waals surface area contributed by atoms with Crippen LogP contribution in [0.25, 0.3) is 21.8 Å². The fraction of sp³-hybridized carbons (Fsp3) is 0.0625. The molecule has 0 atom stereocenters. The Balaban J connectivity index is 1.95. The van der Waals surface area contributed by atoms with Crippen LogP contribution in [0.4, 0.5) is 0 Å². The number of nitrogens with zero attached hydrogens (tertiary/aromatic N) is 1. The molecular weight excluding hydrogens is 323 g/mol. The second-order valence-electron chi connectivity index (χ2n) is 4.60. The Morgan fingerprint density at radius 2 is 1.62 bits per heavy atom. The number of thiazole rings is 1. The molecule has 0 spiro atoms. The zero-order valence-corrected chi connectivity index (χ0v) is 13.3. The Morgan fingerprint density at radius 1 is 0.952 bits per heavy atom. The highest BCUT2D eigenvalue weighted by Crippen LogP contribution is 2.32. The van der Waals surface area contributed by atoms with E-state index in [0.29, 0.717) is 16.6 Å². The first-order valence-electron chi connectivity index (χ1n) is 6.37. The normalized spacial score (nSPS) is 10.8. The maximum Gasteiger partial charge on any atom is 0.124 e. The minimum Gasteiger partial charge on any atom is -0.326 e. The van der Waals surface area contributed by atoms with Crippen LogP contribution in [-0.4, -0.2) is 4.98 Å². The van der Waals surface area contributed by atoms with E-state index in [1.807, 2.05) is 41.8 Å². The Kier molecular flexibility index (Phi) is 4.27. The van der Waals surface area contributed by atoms with Gasteiger partial charge in [0.1, 0.15) is 5.01 Å². The lowest BCUT2D eigenvalue weighted by Gasteiger charge is -2.00. The van der Waals surface area contributed by atoms with Crippen LogP contribution < -0.4 is 5.73 Å². The molecule has 3 rings (SSSR count). The maximum absolute atomic E-state index is 6.04. The third-order valence-electron chi connectivity index (χ3n) is 3.10. The van der Waals surface area contributed by atoms with E-state index in [1.165, 1.54) is 0 Å². The maximum atomic E-state index is 6.04. The van der Waals surface area contributed by atoms with Gasteiger partial charge >= 0.3 is 0 Å². The lowest BCUT2D eigenvalue weighted by molar-refractivity contribution is 1.07. The van der Waals surface area contributed by atoms with E-state index in [2.05, 4.69) is 4.98 Å². The van der Waals surface area contributed by atoms with Crippen LogP contribution in [0, 0.1) is 0 Å². The van der Waals surface area contributed by atoms with Crippen molar-refractivity contribution < 1.29 is 0 Å². The highest BCUT2D eigenvalue weighted by Gasteiger charge is 2.08. The summed E-state index contributed by atoms with van der Waals surface area (Å²) in [4.78, 5) is 4.66. The number of benzene rings is 2. The molecule has 0 amide bonds. The van der Waals surface area contributed by atoms with Crippen molar-refractivity contribution in [3.63, 3.8) is 0 Å². The molecule has 1 aromatic heterocycles. The second kappa shape index (κ2) is 6.16.